The van der Waals surface area contributed by atoms with E-state index in [1.807, 2.05) is 7.05 Å². The highest BCUT2D eigenvalue weighted by Crippen LogP contribution is 2.14. The zero-order valence-corrected chi connectivity index (χ0v) is 14.3. The molecule has 0 aromatic heterocycles. The number of halogens is 1. The number of nitrogens with zero attached hydrogens (tertiary/aromatic N) is 2. The third-order valence-corrected chi connectivity index (χ3v) is 3.70. The normalized spacial score (nSPS) is 27.2. The highest BCUT2D eigenvalue weighted by atomic mass is 127. The van der Waals surface area contributed by atoms with Crippen molar-refractivity contribution in [3.63, 3.8) is 0 Å². The van der Waals surface area contributed by atoms with Crippen molar-refractivity contribution in [2.24, 2.45) is 16.8 Å². The molecule has 1 N–H and O–H groups in total. The maximum Gasteiger partial charge on any atom is 0.193 e. The van der Waals surface area contributed by atoms with Crippen molar-refractivity contribution in [1.29, 1.82) is 0 Å². The molecule has 0 aliphatic carbocycles. The fourth-order valence-corrected chi connectivity index (χ4v) is 2.57. The fourth-order valence-electron chi connectivity index (χ4n) is 2.57. The zero-order valence-electron chi connectivity index (χ0n) is 11.9. The third kappa shape index (κ3) is 5.43. The van der Waals surface area contributed by atoms with Gasteiger partial charge in [-0.3, -0.25) is 4.99 Å². The van der Waals surface area contributed by atoms with E-state index in [2.05, 4.69) is 22.3 Å². The van der Waals surface area contributed by atoms with E-state index in [0.29, 0.717) is 11.8 Å². The SMILES string of the molecule is CN=C(NCC1CCOC1)N(C)CC1CCOC1.I. The summed E-state index contributed by atoms with van der Waals surface area (Å²) in [6.45, 7) is 5.55. The molecule has 2 unspecified atom stereocenters. The van der Waals surface area contributed by atoms with Crippen LogP contribution in [-0.2, 0) is 9.47 Å². The summed E-state index contributed by atoms with van der Waals surface area (Å²) in [5, 5.41) is 3.44. The maximum atomic E-state index is 5.41. The second-order valence-electron chi connectivity index (χ2n) is 5.27. The van der Waals surface area contributed by atoms with E-state index in [1.54, 1.807) is 0 Å². The van der Waals surface area contributed by atoms with Gasteiger partial charge in [-0.25, -0.2) is 0 Å². The summed E-state index contributed by atoms with van der Waals surface area (Å²) >= 11 is 0. The molecular weight excluding hydrogens is 357 g/mol. The first kappa shape index (κ1) is 17.0. The lowest BCUT2D eigenvalue weighted by molar-refractivity contribution is 0.180. The molecule has 2 heterocycles. The van der Waals surface area contributed by atoms with E-state index >= 15 is 0 Å². The Morgan fingerprint density at radius 3 is 2.37 bits per heavy atom. The number of hydrogen-bond donors (Lipinski definition) is 1. The number of guanidine groups is 1. The summed E-state index contributed by atoms with van der Waals surface area (Å²) in [4.78, 5) is 6.54. The first-order valence-corrected chi connectivity index (χ1v) is 6.87. The van der Waals surface area contributed by atoms with Gasteiger partial charge >= 0.3 is 0 Å². The summed E-state index contributed by atoms with van der Waals surface area (Å²) in [5.41, 5.74) is 0. The standard InChI is InChI=1S/C13H25N3O2.HI/c1-14-13(15-7-11-3-5-17-9-11)16(2)8-12-4-6-18-10-12;/h11-12H,3-10H2,1-2H3,(H,14,15);1H. The van der Waals surface area contributed by atoms with Gasteiger partial charge in [-0.05, 0) is 12.8 Å². The first-order chi connectivity index (χ1) is 8.79. The summed E-state index contributed by atoms with van der Waals surface area (Å²) in [6, 6.07) is 0. The summed E-state index contributed by atoms with van der Waals surface area (Å²) in [5.74, 6) is 2.25. The van der Waals surface area contributed by atoms with E-state index in [1.165, 1.54) is 0 Å². The van der Waals surface area contributed by atoms with Gasteiger partial charge in [0.05, 0.1) is 13.2 Å². The molecule has 5 nitrogen and oxygen atoms in total. The van der Waals surface area contributed by atoms with Gasteiger partial charge in [0.15, 0.2) is 5.96 Å². The lowest BCUT2D eigenvalue weighted by atomic mass is 10.1. The molecule has 2 saturated heterocycles. The molecular formula is C13H26IN3O2. The Labute approximate surface area is 133 Å². The van der Waals surface area contributed by atoms with Crippen molar-refractivity contribution >= 4 is 29.9 Å². The van der Waals surface area contributed by atoms with E-state index in [-0.39, 0.29) is 24.0 Å². The minimum absolute atomic E-state index is 0. The zero-order chi connectivity index (χ0) is 12.8. The average molecular weight is 383 g/mol. The second-order valence-corrected chi connectivity index (χ2v) is 5.27. The van der Waals surface area contributed by atoms with Crippen LogP contribution in [0.5, 0.6) is 0 Å². The first-order valence-electron chi connectivity index (χ1n) is 6.87. The average Bonchev–Trinajstić information content (AvgIpc) is 3.02. The molecule has 0 spiro atoms. The summed E-state index contributed by atoms with van der Waals surface area (Å²) in [6.07, 6.45) is 2.32. The molecule has 2 aliphatic heterocycles. The molecule has 0 saturated carbocycles. The van der Waals surface area contributed by atoms with Crippen LogP contribution >= 0.6 is 24.0 Å². The fraction of sp³-hybridized carbons (Fsp3) is 0.923. The largest absolute Gasteiger partial charge is 0.381 e. The van der Waals surface area contributed by atoms with E-state index in [0.717, 1.165) is 58.3 Å². The van der Waals surface area contributed by atoms with Crippen molar-refractivity contribution in [2.45, 2.75) is 12.8 Å². The predicted molar refractivity (Wildman–Crippen MR) is 87.3 cm³/mol. The summed E-state index contributed by atoms with van der Waals surface area (Å²) < 4.78 is 10.8. The van der Waals surface area contributed by atoms with Crippen LogP contribution in [-0.4, -0.2) is 64.5 Å². The molecule has 0 aromatic rings. The van der Waals surface area contributed by atoms with Gasteiger partial charge in [-0.15, -0.1) is 24.0 Å². The molecule has 19 heavy (non-hydrogen) atoms. The van der Waals surface area contributed by atoms with Crippen molar-refractivity contribution in [1.82, 2.24) is 10.2 Å². The number of nitrogens with one attached hydrogen (secondary N) is 1. The van der Waals surface area contributed by atoms with Crippen LogP contribution in [0, 0.1) is 11.8 Å². The van der Waals surface area contributed by atoms with Gasteiger partial charge in [0.1, 0.15) is 0 Å². The van der Waals surface area contributed by atoms with Crippen LogP contribution in [0.15, 0.2) is 4.99 Å². The van der Waals surface area contributed by atoms with E-state index in [4.69, 9.17) is 9.47 Å². The monoisotopic (exact) mass is 383 g/mol. The number of hydrogen-bond acceptors (Lipinski definition) is 3. The minimum atomic E-state index is 0. The Bertz CT molecular complexity index is 277. The molecule has 2 fully saturated rings. The molecule has 112 valence electrons. The molecule has 0 amide bonds. The number of ether oxygens (including phenoxy) is 2. The second kappa shape index (κ2) is 8.97. The summed E-state index contributed by atoms with van der Waals surface area (Å²) in [7, 11) is 3.94. The van der Waals surface area contributed by atoms with Crippen LogP contribution in [0.3, 0.4) is 0 Å². The predicted octanol–water partition coefficient (Wildman–Crippen LogP) is 1.18. The molecule has 0 radical (unpaired) electrons. The van der Waals surface area contributed by atoms with Crippen LogP contribution < -0.4 is 5.32 Å². The molecule has 0 aromatic carbocycles. The third-order valence-electron chi connectivity index (χ3n) is 3.70. The van der Waals surface area contributed by atoms with Crippen LogP contribution in [0.25, 0.3) is 0 Å². The smallest absolute Gasteiger partial charge is 0.193 e. The maximum absolute atomic E-state index is 5.41. The van der Waals surface area contributed by atoms with Gasteiger partial charge in [-0.1, -0.05) is 0 Å². The van der Waals surface area contributed by atoms with Gasteiger partial charge in [-0.2, -0.15) is 0 Å². The Kier molecular flexibility index (Phi) is 8.01. The van der Waals surface area contributed by atoms with E-state index in [9.17, 15) is 0 Å². The molecule has 0 bridgehead atoms. The molecule has 6 heteroatoms. The van der Waals surface area contributed by atoms with Gasteiger partial charge in [0, 0.05) is 52.2 Å². The number of aliphatic imine (C=N–C) groups is 1. The van der Waals surface area contributed by atoms with Crippen molar-refractivity contribution in [3.8, 4) is 0 Å². The lowest BCUT2D eigenvalue weighted by Crippen LogP contribution is -2.43. The van der Waals surface area contributed by atoms with E-state index < -0.39 is 0 Å². The Morgan fingerprint density at radius 1 is 1.21 bits per heavy atom. The Hall–Kier alpha value is -0.0800. The van der Waals surface area contributed by atoms with Crippen molar-refractivity contribution in [3.05, 3.63) is 0 Å². The quantitative estimate of drug-likeness (QED) is 0.450. The topological polar surface area (TPSA) is 46.1 Å². The van der Waals surface area contributed by atoms with Crippen LogP contribution in [0.2, 0.25) is 0 Å². The van der Waals surface area contributed by atoms with Crippen molar-refractivity contribution < 1.29 is 9.47 Å². The van der Waals surface area contributed by atoms with Gasteiger partial charge in [0.2, 0.25) is 0 Å². The van der Waals surface area contributed by atoms with Gasteiger partial charge in [0.25, 0.3) is 0 Å². The molecule has 2 aliphatic rings. The highest BCUT2D eigenvalue weighted by Gasteiger charge is 2.20. The van der Waals surface area contributed by atoms with Gasteiger partial charge < -0.3 is 19.7 Å². The highest BCUT2D eigenvalue weighted by molar-refractivity contribution is 14.0. The molecule has 2 rings (SSSR count). The van der Waals surface area contributed by atoms with Crippen LogP contribution in [0.1, 0.15) is 12.8 Å². The minimum Gasteiger partial charge on any atom is -0.381 e. The number of rotatable bonds is 4. The Morgan fingerprint density at radius 2 is 1.84 bits per heavy atom. The Balaban J connectivity index is 0.00000180. The lowest BCUT2D eigenvalue weighted by Gasteiger charge is -2.25. The molecule has 2 atom stereocenters. The van der Waals surface area contributed by atoms with Crippen LogP contribution in [0.4, 0.5) is 0 Å². The van der Waals surface area contributed by atoms with Crippen molar-refractivity contribution in [2.75, 3.05) is 53.6 Å².